The number of thiocarbonyl (C=S) groups is 1. The van der Waals surface area contributed by atoms with Gasteiger partial charge in [-0.3, -0.25) is 33.6 Å². The number of nitrogens with one attached hydrogen (secondary N) is 10. The SMILES string of the molecule is CC(O)C(CO)NC(=O)[C@@H]1CSSC[C@H](NC(=O)[C@@H](Cc2ccccc2)NC(=S)Nc2ccc(F)cc2)C(=O)NC(Cc2ccccc2)C(=O)N[C@H](Cc2c[nH]c3ccccc23)C(=O)N[C@@H](CCCCN)C(=O)N[C@@H]([C@@H](C)O)C(=O)N1. The molecular formula is C56H70FN11O10S3. The largest absolute Gasteiger partial charge is 0.394 e. The first-order valence-corrected chi connectivity index (χ1v) is 29.3. The zero-order valence-corrected chi connectivity index (χ0v) is 47.1. The second-order valence-electron chi connectivity index (χ2n) is 19.5. The molecule has 1 aliphatic heterocycles. The quantitative estimate of drug-likeness (QED) is 0.0315. The first-order chi connectivity index (χ1) is 38.9. The third kappa shape index (κ3) is 19.5. The standard InChI is InChI=1S/C56H70FN11O10S3/c1-32(70)45(29-69)64-54(77)47-31-81-80-30-46(65-51(74)43(26-35-15-7-4-8-16-35)67-56(79)60-38-22-20-37(57)21-23-38)53(76)62-42(25-34-13-5-3-6-14-34)50(73)63-44(27-36-28-59-40-18-10-9-17-39(36)40)52(75)61-41(19-11-12-24-58)49(72)68-48(33(2)71)55(78)66-47/h3-10,13-18,20-23,28,32-33,41-48,59,69-71H,11-12,19,24-27,29-31,58H2,1-2H3,(H,61,75)(H,62,76)(H,63,73)(H,64,77)(H,65,74)(H,66,78)(H,68,72)(H2,60,67,79)/t32?,33-,41+,42?,43-,44-,45?,46+,47+,48+/m1/s1. The van der Waals surface area contributed by atoms with Crippen LogP contribution < -0.4 is 53.6 Å². The molecule has 5 aromatic rings. The van der Waals surface area contributed by atoms with Crippen molar-refractivity contribution in [2.75, 3.05) is 30.0 Å². The Morgan fingerprint density at radius 1 is 0.716 bits per heavy atom. The number of nitrogens with two attached hydrogens (primary N) is 1. The van der Waals surface area contributed by atoms with E-state index in [1.807, 2.05) is 24.3 Å². The Morgan fingerprint density at radius 3 is 1.98 bits per heavy atom. The van der Waals surface area contributed by atoms with Gasteiger partial charge in [-0.1, -0.05) is 100 Å². The molecular weight excluding hydrogens is 1100 g/mol. The number of halogens is 1. The summed E-state index contributed by atoms with van der Waals surface area (Å²) in [7, 11) is 2.00. The maximum Gasteiger partial charge on any atom is 0.245 e. The van der Waals surface area contributed by atoms with Crippen LogP contribution >= 0.6 is 33.8 Å². The van der Waals surface area contributed by atoms with Crippen LogP contribution in [0.15, 0.2) is 115 Å². The highest BCUT2D eigenvalue weighted by Crippen LogP contribution is 2.25. The van der Waals surface area contributed by atoms with Crippen LogP contribution in [0.4, 0.5) is 10.1 Å². The summed E-state index contributed by atoms with van der Waals surface area (Å²) in [4.78, 5) is 105. The lowest BCUT2D eigenvalue weighted by molar-refractivity contribution is -0.136. The Bertz CT molecular complexity index is 2910. The lowest BCUT2D eigenvalue weighted by Crippen LogP contribution is -2.62. The van der Waals surface area contributed by atoms with Crippen molar-refractivity contribution in [1.82, 2.24) is 47.5 Å². The van der Waals surface area contributed by atoms with Gasteiger partial charge in [0.15, 0.2) is 5.11 Å². The molecule has 0 saturated carbocycles. The Morgan fingerprint density at radius 2 is 1.32 bits per heavy atom. The van der Waals surface area contributed by atoms with Gasteiger partial charge in [0.25, 0.3) is 0 Å². The number of anilines is 1. The summed E-state index contributed by atoms with van der Waals surface area (Å²) in [5.74, 6) is -6.83. The average molecular weight is 1170 g/mol. The molecule has 7 amide bonds. The molecule has 434 valence electrons. The fraction of sp³-hybridized carbons (Fsp3) is 0.393. The van der Waals surface area contributed by atoms with Crippen molar-refractivity contribution in [1.29, 1.82) is 0 Å². The minimum absolute atomic E-state index is 0.00113. The summed E-state index contributed by atoms with van der Waals surface area (Å²) in [6.07, 6.45) is -0.458. The monoisotopic (exact) mass is 1170 g/mol. The first-order valence-electron chi connectivity index (χ1n) is 26.4. The molecule has 1 aromatic heterocycles. The smallest absolute Gasteiger partial charge is 0.245 e. The molecule has 3 unspecified atom stereocenters. The molecule has 0 aliphatic carbocycles. The van der Waals surface area contributed by atoms with Gasteiger partial charge in [0.05, 0.1) is 24.9 Å². The second-order valence-corrected chi connectivity index (χ2v) is 22.5. The molecule has 10 atom stereocenters. The number of hydrogen-bond acceptors (Lipinski definition) is 14. The molecule has 6 rings (SSSR count). The van der Waals surface area contributed by atoms with Crippen LogP contribution in [0.5, 0.6) is 0 Å². The number of para-hydroxylation sites is 1. The Kier molecular flexibility index (Phi) is 24.7. The Labute approximate surface area is 481 Å². The topological polar surface area (TPSA) is 330 Å². The average Bonchev–Trinajstić information content (AvgIpc) is 3.86. The maximum absolute atomic E-state index is 15.0. The Balaban J connectivity index is 1.41. The number of unbranched alkanes of at least 4 members (excludes halogenated alkanes) is 1. The second kappa shape index (κ2) is 31.8. The number of amides is 7. The van der Waals surface area contributed by atoms with Crippen LogP contribution in [0.3, 0.4) is 0 Å². The van der Waals surface area contributed by atoms with Crippen LogP contribution in [0.1, 0.15) is 49.8 Å². The molecule has 2 heterocycles. The van der Waals surface area contributed by atoms with Crippen LogP contribution in [0.25, 0.3) is 10.9 Å². The number of aliphatic hydroxyl groups is 3. The van der Waals surface area contributed by atoms with Crippen molar-refractivity contribution in [3.8, 4) is 0 Å². The first kappa shape index (κ1) is 63.1. The fourth-order valence-corrected chi connectivity index (χ4v) is 11.3. The van der Waals surface area contributed by atoms with Gasteiger partial charge < -0.3 is 73.9 Å². The number of benzene rings is 4. The molecule has 0 bridgehead atoms. The third-order valence-electron chi connectivity index (χ3n) is 13.2. The summed E-state index contributed by atoms with van der Waals surface area (Å²) in [5.41, 5.74) is 8.96. The lowest BCUT2D eigenvalue weighted by atomic mass is 10.0. The summed E-state index contributed by atoms with van der Waals surface area (Å²) in [6, 6.07) is 19.4. The van der Waals surface area contributed by atoms with E-state index in [1.54, 1.807) is 66.9 Å². The van der Waals surface area contributed by atoms with Gasteiger partial charge in [0.2, 0.25) is 41.4 Å². The molecule has 1 fully saturated rings. The van der Waals surface area contributed by atoms with Gasteiger partial charge in [-0.15, -0.1) is 0 Å². The number of carbonyl (C=O) groups excluding carboxylic acids is 7. The fourth-order valence-electron chi connectivity index (χ4n) is 8.68. The van der Waals surface area contributed by atoms with Gasteiger partial charge >= 0.3 is 0 Å². The van der Waals surface area contributed by atoms with E-state index in [4.69, 9.17) is 18.0 Å². The van der Waals surface area contributed by atoms with E-state index in [2.05, 4.69) is 52.8 Å². The van der Waals surface area contributed by atoms with E-state index >= 15 is 0 Å². The van der Waals surface area contributed by atoms with Crippen molar-refractivity contribution in [2.24, 2.45) is 5.73 Å². The highest BCUT2D eigenvalue weighted by molar-refractivity contribution is 8.76. The summed E-state index contributed by atoms with van der Waals surface area (Å²) in [5, 5.41) is 56.9. The number of carbonyl (C=O) groups is 7. The third-order valence-corrected chi connectivity index (χ3v) is 15.9. The zero-order valence-electron chi connectivity index (χ0n) is 44.7. The van der Waals surface area contributed by atoms with Crippen molar-refractivity contribution in [3.63, 3.8) is 0 Å². The Hall–Kier alpha value is -7.13. The summed E-state index contributed by atoms with van der Waals surface area (Å²) in [6.45, 7) is 2.16. The molecule has 0 spiro atoms. The minimum atomic E-state index is -1.70. The predicted octanol–water partition coefficient (Wildman–Crippen LogP) is 1.36. The van der Waals surface area contributed by atoms with Crippen LogP contribution in [-0.2, 0) is 52.8 Å². The number of hydrogen-bond donors (Lipinski definition) is 14. The number of aromatic nitrogens is 1. The maximum atomic E-state index is 15.0. The molecule has 25 heteroatoms. The lowest BCUT2D eigenvalue weighted by Gasteiger charge is -2.29. The molecule has 15 N–H and O–H groups in total. The number of aromatic amines is 1. The van der Waals surface area contributed by atoms with E-state index in [9.17, 15) is 53.3 Å². The van der Waals surface area contributed by atoms with Crippen molar-refractivity contribution >= 4 is 96.9 Å². The minimum Gasteiger partial charge on any atom is -0.394 e. The van der Waals surface area contributed by atoms with Gasteiger partial charge in [0.1, 0.15) is 48.1 Å². The van der Waals surface area contributed by atoms with E-state index in [0.717, 1.165) is 38.1 Å². The highest BCUT2D eigenvalue weighted by Gasteiger charge is 2.37. The van der Waals surface area contributed by atoms with E-state index in [0.29, 0.717) is 29.7 Å². The molecule has 1 saturated heterocycles. The van der Waals surface area contributed by atoms with E-state index in [1.165, 1.54) is 38.1 Å². The molecule has 81 heavy (non-hydrogen) atoms. The molecule has 0 radical (unpaired) electrons. The molecule has 21 nitrogen and oxygen atoms in total. The zero-order chi connectivity index (χ0) is 58.4. The van der Waals surface area contributed by atoms with Gasteiger partial charge in [0, 0.05) is 53.6 Å². The van der Waals surface area contributed by atoms with Gasteiger partial charge in [-0.25, -0.2) is 4.39 Å². The van der Waals surface area contributed by atoms with Gasteiger partial charge in [-0.05, 0) is 98.9 Å². The normalized spacial score (nSPS) is 21.3. The van der Waals surface area contributed by atoms with Crippen molar-refractivity contribution < 1.29 is 53.3 Å². The number of rotatable bonds is 19. The number of fused-ring (bicyclic) bond motifs is 1. The van der Waals surface area contributed by atoms with E-state index < -0.39 is 114 Å². The van der Waals surface area contributed by atoms with Crippen molar-refractivity contribution in [3.05, 3.63) is 138 Å². The molecule has 1 aliphatic rings. The number of aliphatic hydroxyl groups excluding tert-OH is 3. The van der Waals surface area contributed by atoms with Crippen LogP contribution in [-0.4, -0.2) is 152 Å². The van der Waals surface area contributed by atoms with Gasteiger partial charge in [-0.2, -0.15) is 0 Å². The molecule has 4 aromatic carbocycles. The summed E-state index contributed by atoms with van der Waals surface area (Å²) >= 11 is 5.61. The number of H-pyrrole nitrogens is 1. The summed E-state index contributed by atoms with van der Waals surface area (Å²) < 4.78 is 13.8. The van der Waals surface area contributed by atoms with Crippen LogP contribution in [0.2, 0.25) is 0 Å². The van der Waals surface area contributed by atoms with E-state index in [-0.39, 0.29) is 48.8 Å². The van der Waals surface area contributed by atoms with Crippen LogP contribution in [0, 0.1) is 5.82 Å². The van der Waals surface area contributed by atoms with Crippen molar-refractivity contribution in [2.45, 2.75) is 113 Å². The highest BCUT2D eigenvalue weighted by atomic mass is 33.1. The predicted molar refractivity (Wildman–Crippen MR) is 314 cm³/mol.